The van der Waals surface area contributed by atoms with Crippen LogP contribution in [0.2, 0.25) is 5.02 Å². The molecule has 4 nitrogen and oxygen atoms in total. The first-order valence-electron chi connectivity index (χ1n) is 8.64. The molecule has 3 rings (SSSR count). The molecule has 0 fully saturated rings. The van der Waals surface area contributed by atoms with Crippen molar-refractivity contribution in [3.05, 3.63) is 95.0 Å². The second-order valence-electron chi connectivity index (χ2n) is 5.86. The van der Waals surface area contributed by atoms with E-state index in [0.717, 1.165) is 5.56 Å². The average Bonchev–Trinajstić information content (AvgIpc) is 2.72. The van der Waals surface area contributed by atoms with Gasteiger partial charge < -0.3 is 14.8 Å². The molecule has 0 saturated heterocycles. The van der Waals surface area contributed by atoms with Gasteiger partial charge in [0, 0.05) is 10.6 Å². The normalized spacial score (nSPS) is 10.3. The monoisotopic (exact) mass is 381 g/mol. The van der Waals surface area contributed by atoms with E-state index in [1.807, 2.05) is 36.4 Å². The summed E-state index contributed by atoms with van der Waals surface area (Å²) in [4.78, 5) is 12.3. The van der Waals surface area contributed by atoms with E-state index in [4.69, 9.17) is 21.1 Å². The molecule has 0 heterocycles. The number of halogens is 1. The third-order valence-electron chi connectivity index (χ3n) is 3.81. The highest BCUT2D eigenvalue weighted by molar-refractivity contribution is 6.30. The predicted molar refractivity (Wildman–Crippen MR) is 106 cm³/mol. The van der Waals surface area contributed by atoms with E-state index in [2.05, 4.69) is 5.32 Å². The van der Waals surface area contributed by atoms with Crippen LogP contribution in [0.4, 0.5) is 0 Å². The molecule has 0 aliphatic carbocycles. The number of carbonyl (C=O) groups is 1. The van der Waals surface area contributed by atoms with Crippen molar-refractivity contribution in [3.63, 3.8) is 0 Å². The maximum absolute atomic E-state index is 12.3. The van der Waals surface area contributed by atoms with Crippen molar-refractivity contribution in [2.75, 3.05) is 13.2 Å². The molecule has 3 aromatic carbocycles. The highest BCUT2D eigenvalue weighted by Gasteiger charge is 2.06. The summed E-state index contributed by atoms with van der Waals surface area (Å²) in [5, 5.41) is 3.49. The molecule has 0 aromatic heterocycles. The summed E-state index contributed by atoms with van der Waals surface area (Å²) >= 11 is 5.83. The second kappa shape index (κ2) is 9.64. The molecule has 0 atom stereocenters. The molecule has 0 aliphatic heterocycles. The highest BCUT2D eigenvalue weighted by Crippen LogP contribution is 2.16. The number of nitrogens with one attached hydrogen (secondary N) is 1. The lowest BCUT2D eigenvalue weighted by atomic mass is 10.2. The molecule has 0 spiro atoms. The fourth-order valence-electron chi connectivity index (χ4n) is 2.43. The molecule has 1 N–H and O–H groups in total. The van der Waals surface area contributed by atoms with Crippen molar-refractivity contribution in [2.24, 2.45) is 0 Å². The van der Waals surface area contributed by atoms with E-state index < -0.39 is 0 Å². The summed E-state index contributed by atoms with van der Waals surface area (Å²) < 4.78 is 11.3. The van der Waals surface area contributed by atoms with Gasteiger partial charge in [-0.1, -0.05) is 48.0 Å². The van der Waals surface area contributed by atoms with Gasteiger partial charge in [-0.25, -0.2) is 0 Å². The van der Waals surface area contributed by atoms with E-state index in [1.54, 1.807) is 42.5 Å². The number of rotatable bonds is 8. The van der Waals surface area contributed by atoms with Crippen LogP contribution < -0.4 is 14.8 Å². The Morgan fingerprint density at radius 2 is 1.63 bits per heavy atom. The smallest absolute Gasteiger partial charge is 0.251 e. The van der Waals surface area contributed by atoms with Crippen molar-refractivity contribution in [1.29, 1.82) is 0 Å². The van der Waals surface area contributed by atoms with Crippen molar-refractivity contribution < 1.29 is 14.3 Å². The van der Waals surface area contributed by atoms with E-state index >= 15 is 0 Å². The highest BCUT2D eigenvalue weighted by atomic mass is 35.5. The lowest BCUT2D eigenvalue weighted by molar-refractivity contribution is 0.0946. The first-order valence-corrected chi connectivity index (χ1v) is 9.02. The lowest BCUT2D eigenvalue weighted by Gasteiger charge is -2.10. The molecular weight excluding hydrogens is 362 g/mol. The molecule has 138 valence electrons. The van der Waals surface area contributed by atoms with Crippen molar-refractivity contribution >= 4 is 17.5 Å². The number of hydrogen-bond donors (Lipinski definition) is 1. The summed E-state index contributed by atoms with van der Waals surface area (Å²) in [5.41, 5.74) is 1.62. The summed E-state index contributed by atoms with van der Waals surface area (Å²) in [5.74, 6) is 1.20. The molecular formula is C22H20ClNO3. The van der Waals surface area contributed by atoms with Crippen LogP contribution in [-0.4, -0.2) is 19.1 Å². The van der Waals surface area contributed by atoms with Gasteiger partial charge in [0.15, 0.2) is 0 Å². The number of hydrogen-bond acceptors (Lipinski definition) is 3. The first kappa shape index (κ1) is 18.8. The topological polar surface area (TPSA) is 47.6 Å². The molecule has 0 bridgehead atoms. The molecule has 0 saturated carbocycles. The summed E-state index contributed by atoms with van der Waals surface area (Å²) in [7, 11) is 0. The minimum absolute atomic E-state index is 0.167. The molecule has 0 aliphatic rings. The first-order chi connectivity index (χ1) is 13.2. The number of amides is 1. The van der Waals surface area contributed by atoms with Crippen LogP contribution in [0.5, 0.6) is 11.5 Å². The maximum atomic E-state index is 12.3. The fraction of sp³-hybridized carbons (Fsp3) is 0.136. The van der Waals surface area contributed by atoms with Crippen LogP contribution in [0.1, 0.15) is 15.9 Å². The standard InChI is InChI=1S/C22H20ClNO3/c23-19-9-11-20(12-10-19)26-14-13-24-22(25)18-7-4-8-21(15-18)27-16-17-5-2-1-3-6-17/h1-12,15H,13-14,16H2,(H,24,25). The van der Waals surface area contributed by atoms with E-state index in [1.165, 1.54) is 0 Å². The zero-order valence-electron chi connectivity index (χ0n) is 14.7. The Morgan fingerprint density at radius 1 is 0.852 bits per heavy atom. The Morgan fingerprint density at radius 3 is 2.41 bits per heavy atom. The minimum atomic E-state index is -0.167. The van der Waals surface area contributed by atoms with Gasteiger partial charge in [-0.3, -0.25) is 4.79 Å². The fourth-order valence-corrected chi connectivity index (χ4v) is 2.56. The second-order valence-corrected chi connectivity index (χ2v) is 6.30. The van der Waals surface area contributed by atoms with Crippen LogP contribution in [0.15, 0.2) is 78.9 Å². The van der Waals surface area contributed by atoms with Gasteiger partial charge in [0.25, 0.3) is 5.91 Å². The third-order valence-corrected chi connectivity index (χ3v) is 4.07. The average molecular weight is 382 g/mol. The van der Waals surface area contributed by atoms with Crippen LogP contribution in [-0.2, 0) is 6.61 Å². The Balaban J connectivity index is 1.46. The van der Waals surface area contributed by atoms with Crippen LogP contribution in [0.3, 0.4) is 0 Å². The van der Waals surface area contributed by atoms with Crippen LogP contribution in [0, 0.1) is 0 Å². The summed E-state index contributed by atoms with van der Waals surface area (Å²) in [6.07, 6.45) is 0. The summed E-state index contributed by atoms with van der Waals surface area (Å²) in [6.45, 7) is 1.23. The molecule has 3 aromatic rings. The summed E-state index contributed by atoms with van der Waals surface area (Å²) in [6, 6.07) is 24.1. The van der Waals surface area contributed by atoms with Gasteiger partial charge in [-0.2, -0.15) is 0 Å². The van der Waals surface area contributed by atoms with Crippen molar-refractivity contribution in [1.82, 2.24) is 5.32 Å². The number of benzene rings is 3. The van der Waals surface area contributed by atoms with Crippen LogP contribution in [0.25, 0.3) is 0 Å². The minimum Gasteiger partial charge on any atom is -0.492 e. The predicted octanol–water partition coefficient (Wildman–Crippen LogP) is 4.73. The Labute approximate surface area is 163 Å². The van der Waals surface area contributed by atoms with Gasteiger partial charge in [0.1, 0.15) is 24.7 Å². The number of carbonyl (C=O) groups excluding carboxylic acids is 1. The van der Waals surface area contributed by atoms with Gasteiger partial charge in [0.05, 0.1) is 6.54 Å². The lowest BCUT2D eigenvalue weighted by Crippen LogP contribution is -2.28. The molecule has 0 unspecified atom stereocenters. The van der Waals surface area contributed by atoms with Crippen molar-refractivity contribution in [3.8, 4) is 11.5 Å². The zero-order valence-corrected chi connectivity index (χ0v) is 15.5. The zero-order chi connectivity index (χ0) is 18.9. The maximum Gasteiger partial charge on any atom is 0.251 e. The third kappa shape index (κ3) is 6.04. The van der Waals surface area contributed by atoms with E-state index in [0.29, 0.717) is 41.8 Å². The van der Waals surface area contributed by atoms with Crippen LogP contribution >= 0.6 is 11.6 Å². The molecule has 1 amide bonds. The van der Waals surface area contributed by atoms with Crippen molar-refractivity contribution in [2.45, 2.75) is 6.61 Å². The van der Waals surface area contributed by atoms with Gasteiger partial charge in [-0.05, 0) is 48.0 Å². The van der Waals surface area contributed by atoms with E-state index in [9.17, 15) is 4.79 Å². The molecule has 5 heteroatoms. The Hall–Kier alpha value is -2.98. The SMILES string of the molecule is O=C(NCCOc1ccc(Cl)cc1)c1cccc(OCc2ccccc2)c1. The van der Waals surface area contributed by atoms with Gasteiger partial charge in [0.2, 0.25) is 0 Å². The largest absolute Gasteiger partial charge is 0.492 e. The number of ether oxygens (including phenoxy) is 2. The van der Waals surface area contributed by atoms with Gasteiger partial charge in [-0.15, -0.1) is 0 Å². The Kier molecular flexibility index (Phi) is 6.72. The quantitative estimate of drug-likeness (QED) is 0.574. The van der Waals surface area contributed by atoms with E-state index in [-0.39, 0.29) is 5.91 Å². The molecule has 27 heavy (non-hydrogen) atoms. The molecule has 0 radical (unpaired) electrons. The van der Waals surface area contributed by atoms with Gasteiger partial charge >= 0.3 is 0 Å². The Bertz CT molecular complexity index is 866.